The van der Waals surface area contributed by atoms with Crippen molar-refractivity contribution in [1.29, 1.82) is 0 Å². The van der Waals surface area contributed by atoms with E-state index in [2.05, 4.69) is 42.1 Å². The summed E-state index contributed by atoms with van der Waals surface area (Å²) in [6.07, 6.45) is 5.73. The molecular formula is C23H32FIN6. The number of piperazine rings is 1. The standard InChI is InChI=1S/C23H31FN6.HI/c1-25-23(30-15-13-28(14-16-30)21-7-5-20(24)6-8-21)27-18-19-9-10-26-22(17-19)29-11-3-2-4-12-29;/h5-10,17H,2-4,11-16,18H2,1H3,(H,25,27);1H. The van der Waals surface area contributed by atoms with Crippen molar-refractivity contribution in [1.82, 2.24) is 15.2 Å². The Balaban J connectivity index is 0.00000272. The average Bonchev–Trinajstić information content (AvgIpc) is 2.81. The second-order valence-electron chi connectivity index (χ2n) is 7.92. The van der Waals surface area contributed by atoms with E-state index in [-0.39, 0.29) is 29.8 Å². The van der Waals surface area contributed by atoms with Gasteiger partial charge < -0.3 is 20.0 Å². The number of aliphatic imine (C=N–C) groups is 1. The average molecular weight is 538 g/mol. The highest BCUT2D eigenvalue weighted by atomic mass is 127. The van der Waals surface area contributed by atoms with Crippen LogP contribution in [0.2, 0.25) is 0 Å². The maximum Gasteiger partial charge on any atom is 0.194 e. The fraction of sp³-hybridized carbons (Fsp3) is 0.478. The Morgan fingerprint density at radius 2 is 1.68 bits per heavy atom. The molecule has 168 valence electrons. The fourth-order valence-corrected chi connectivity index (χ4v) is 4.21. The van der Waals surface area contributed by atoms with Gasteiger partial charge in [-0.2, -0.15) is 0 Å². The minimum Gasteiger partial charge on any atom is -0.368 e. The molecule has 1 N–H and O–H groups in total. The van der Waals surface area contributed by atoms with E-state index in [1.165, 1.54) is 37.0 Å². The molecule has 3 heterocycles. The topological polar surface area (TPSA) is 47.0 Å². The lowest BCUT2D eigenvalue weighted by Gasteiger charge is -2.37. The molecule has 31 heavy (non-hydrogen) atoms. The number of piperidine rings is 1. The number of nitrogens with one attached hydrogen (secondary N) is 1. The molecule has 2 aliphatic heterocycles. The number of rotatable bonds is 4. The van der Waals surface area contributed by atoms with E-state index < -0.39 is 0 Å². The molecule has 0 spiro atoms. The van der Waals surface area contributed by atoms with Crippen molar-refractivity contribution in [2.45, 2.75) is 25.8 Å². The van der Waals surface area contributed by atoms with E-state index in [4.69, 9.17) is 0 Å². The predicted molar refractivity (Wildman–Crippen MR) is 136 cm³/mol. The van der Waals surface area contributed by atoms with Gasteiger partial charge in [0.1, 0.15) is 11.6 Å². The molecule has 0 atom stereocenters. The van der Waals surface area contributed by atoms with Gasteiger partial charge in [0.2, 0.25) is 0 Å². The molecule has 0 bridgehead atoms. The quantitative estimate of drug-likeness (QED) is 0.366. The van der Waals surface area contributed by atoms with Crippen molar-refractivity contribution >= 4 is 41.4 Å². The van der Waals surface area contributed by atoms with Crippen LogP contribution in [-0.2, 0) is 6.54 Å². The molecule has 1 aromatic carbocycles. The Labute approximate surface area is 201 Å². The highest BCUT2D eigenvalue weighted by Crippen LogP contribution is 2.19. The maximum absolute atomic E-state index is 13.2. The highest BCUT2D eigenvalue weighted by molar-refractivity contribution is 14.0. The number of hydrogen-bond acceptors (Lipinski definition) is 4. The molecule has 2 aliphatic rings. The summed E-state index contributed by atoms with van der Waals surface area (Å²) in [5, 5.41) is 3.51. The third-order valence-corrected chi connectivity index (χ3v) is 5.92. The maximum atomic E-state index is 13.2. The molecule has 0 saturated carbocycles. The van der Waals surface area contributed by atoms with Gasteiger partial charge >= 0.3 is 0 Å². The number of hydrogen-bond donors (Lipinski definition) is 1. The van der Waals surface area contributed by atoms with Crippen LogP contribution in [-0.4, -0.2) is 62.2 Å². The first-order chi connectivity index (χ1) is 14.7. The zero-order valence-electron chi connectivity index (χ0n) is 18.1. The normalized spacial score (nSPS) is 17.4. The van der Waals surface area contributed by atoms with Gasteiger partial charge in [0.15, 0.2) is 5.96 Å². The van der Waals surface area contributed by atoms with Crippen LogP contribution in [0.25, 0.3) is 0 Å². The van der Waals surface area contributed by atoms with Crippen LogP contribution in [0.4, 0.5) is 15.9 Å². The van der Waals surface area contributed by atoms with Crippen LogP contribution in [0.15, 0.2) is 47.6 Å². The lowest BCUT2D eigenvalue weighted by molar-refractivity contribution is 0.372. The Hall–Kier alpha value is -2.10. The van der Waals surface area contributed by atoms with E-state index in [1.807, 2.05) is 25.4 Å². The molecule has 2 fully saturated rings. The second kappa shape index (κ2) is 11.5. The van der Waals surface area contributed by atoms with Gasteiger partial charge in [0.05, 0.1) is 0 Å². The van der Waals surface area contributed by atoms with Gasteiger partial charge in [-0.3, -0.25) is 4.99 Å². The minimum atomic E-state index is -0.193. The van der Waals surface area contributed by atoms with Crippen molar-refractivity contribution in [3.63, 3.8) is 0 Å². The van der Waals surface area contributed by atoms with Crippen molar-refractivity contribution in [3.05, 3.63) is 54.0 Å². The van der Waals surface area contributed by atoms with Crippen LogP contribution in [0, 0.1) is 5.82 Å². The van der Waals surface area contributed by atoms with Gasteiger partial charge in [0, 0.05) is 64.7 Å². The molecule has 0 unspecified atom stereocenters. The van der Waals surface area contributed by atoms with Crippen LogP contribution < -0.4 is 15.1 Å². The first kappa shape index (κ1) is 23.6. The predicted octanol–water partition coefficient (Wildman–Crippen LogP) is 3.73. The largest absolute Gasteiger partial charge is 0.368 e. The summed E-state index contributed by atoms with van der Waals surface area (Å²) < 4.78 is 13.2. The van der Waals surface area contributed by atoms with Crippen molar-refractivity contribution in [3.8, 4) is 0 Å². The van der Waals surface area contributed by atoms with E-state index in [0.29, 0.717) is 0 Å². The van der Waals surface area contributed by atoms with Crippen LogP contribution >= 0.6 is 24.0 Å². The van der Waals surface area contributed by atoms with Crippen LogP contribution in [0.1, 0.15) is 24.8 Å². The SMILES string of the molecule is CN=C(NCc1ccnc(N2CCCCC2)c1)N1CCN(c2ccc(F)cc2)CC1.I. The molecule has 8 heteroatoms. The summed E-state index contributed by atoms with van der Waals surface area (Å²) in [5.41, 5.74) is 2.29. The summed E-state index contributed by atoms with van der Waals surface area (Å²) in [6.45, 7) is 6.47. The van der Waals surface area contributed by atoms with Gasteiger partial charge in [0.25, 0.3) is 0 Å². The zero-order valence-corrected chi connectivity index (χ0v) is 20.5. The number of halogens is 2. The Morgan fingerprint density at radius 3 is 2.35 bits per heavy atom. The summed E-state index contributed by atoms with van der Waals surface area (Å²) in [7, 11) is 1.83. The molecule has 0 amide bonds. The lowest BCUT2D eigenvalue weighted by Crippen LogP contribution is -2.52. The monoisotopic (exact) mass is 538 g/mol. The van der Waals surface area contributed by atoms with Gasteiger partial charge in [-0.15, -0.1) is 24.0 Å². The summed E-state index contributed by atoms with van der Waals surface area (Å²) in [5.74, 6) is 1.81. The molecule has 0 radical (unpaired) electrons. The number of pyridine rings is 1. The van der Waals surface area contributed by atoms with E-state index in [1.54, 1.807) is 0 Å². The lowest BCUT2D eigenvalue weighted by atomic mass is 10.1. The van der Waals surface area contributed by atoms with E-state index in [0.717, 1.165) is 63.3 Å². The number of nitrogens with zero attached hydrogens (tertiary/aromatic N) is 5. The smallest absolute Gasteiger partial charge is 0.194 e. The third-order valence-electron chi connectivity index (χ3n) is 5.92. The van der Waals surface area contributed by atoms with Crippen LogP contribution in [0.5, 0.6) is 0 Å². The molecule has 1 aromatic heterocycles. The Kier molecular flexibility index (Phi) is 8.74. The number of anilines is 2. The Bertz CT molecular complexity index is 845. The fourth-order valence-electron chi connectivity index (χ4n) is 4.21. The number of guanidine groups is 1. The minimum absolute atomic E-state index is 0. The molecule has 2 saturated heterocycles. The molecular weight excluding hydrogens is 506 g/mol. The van der Waals surface area contributed by atoms with Gasteiger partial charge in [-0.05, 0) is 61.2 Å². The zero-order chi connectivity index (χ0) is 20.8. The molecule has 6 nitrogen and oxygen atoms in total. The highest BCUT2D eigenvalue weighted by Gasteiger charge is 2.20. The second-order valence-corrected chi connectivity index (χ2v) is 7.92. The van der Waals surface area contributed by atoms with Crippen molar-refractivity contribution in [2.75, 3.05) is 56.1 Å². The third kappa shape index (κ3) is 6.21. The van der Waals surface area contributed by atoms with Crippen LogP contribution in [0.3, 0.4) is 0 Å². The molecule has 2 aromatic rings. The summed E-state index contributed by atoms with van der Waals surface area (Å²) in [4.78, 5) is 16.0. The number of aromatic nitrogens is 1. The first-order valence-electron chi connectivity index (χ1n) is 10.9. The Morgan fingerprint density at radius 1 is 0.968 bits per heavy atom. The summed E-state index contributed by atoms with van der Waals surface area (Å²) in [6, 6.07) is 11.0. The van der Waals surface area contributed by atoms with Gasteiger partial charge in [-0.25, -0.2) is 9.37 Å². The summed E-state index contributed by atoms with van der Waals surface area (Å²) >= 11 is 0. The van der Waals surface area contributed by atoms with E-state index in [9.17, 15) is 4.39 Å². The van der Waals surface area contributed by atoms with Crippen molar-refractivity contribution < 1.29 is 4.39 Å². The van der Waals surface area contributed by atoms with Gasteiger partial charge in [-0.1, -0.05) is 0 Å². The number of benzene rings is 1. The molecule has 4 rings (SSSR count). The molecule has 0 aliphatic carbocycles. The van der Waals surface area contributed by atoms with Crippen molar-refractivity contribution in [2.24, 2.45) is 4.99 Å². The van der Waals surface area contributed by atoms with E-state index >= 15 is 0 Å². The first-order valence-corrected chi connectivity index (χ1v) is 10.9.